The number of rotatable bonds is 4. The molecule has 2 aromatic heterocycles. The molecule has 3 aromatic rings. The van der Waals surface area contributed by atoms with Gasteiger partial charge in [-0.15, -0.1) is 0 Å². The molecule has 0 saturated carbocycles. The second kappa shape index (κ2) is 6.43. The standard InChI is InChI=1S/C18H19N3O4/c1-10-13-7-5-6-8-14(13)25-17(10)18(23)24-9-15(22)19-16-11(2)20-21(4)12(16)3/h5-8H,9H2,1-4H3,(H,19,22). The number of fused-ring (bicyclic) bond motifs is 1. The second-order valence-electron chi connectivity index (χ2n) is 5.85. The first-order valence-corrected chi connectivity index (χ1v) is 7.83. The molecular formula is C18H19N3O4. The Bertz CT molecular complexity index is 968. The van der Waals surface area contributed by atoms with Gasteiger partial charge in [0.1, 0.15) is 5.58 Å². The van der Waals surface area contributed by atoms with Gasteiger partial charge >= 0.3 is 5.97 Å². The van der Waals surface area contributed by atoms with Crippen LogP contribution in [0, 0.1) is 20.8 Å². The Morgan fingerprint density at radius 1 is 1.24 bits per heavy atom. The molecule has 0 aliphatic rings. The van der Waals surface area contributed by atoms with Crippen LogP contribution in [0.5, 0.6) is 0 Å². The lowest BCUT2D eigenvalue weighted by Crippen LogP contribution is -2.21. The number of anilines is 1. The number of hydrogen-bond donors (Lipinski definition) is 1. The van der Waals surface area contributed by atoms with Gasteiger partial charge in [0.2, 0.25) is 5.76 Å². The Morgan fingerprint density at radius 2 is 1.96 bits per heavy atom. The van der Waals surface area contributed by atoms with Crippen LogP contribution < -0.4 is 5.32 Å². The number of aryl methyl sites for hydroxylation is 3. The molecule has 1 aromatic carbocycles. The molecule has 0 unspecified atom stereocenters. The number of para-hydroxylation sites is 1. The van der Waals surface area contributed by atoms with E-state index in [1.54, 1.807) is 31.6 Å². The topological polar surface area (TPSA) is 86.4 Å². The summed E-state index contributed by atoms with van der Waals surface area (Å²) in [5.74, 6) is -0.979. The van der Waals surface area contributed by atoms with E-state index in [1.807, 2.05) is 25.1 Å². The van der Waals surface area contributed by atoms with E-state index in [1.165, 1.54) is 0 Å². The number of esters is 1. The number of carbonyl (C=O) groups excluding carboxylic acids is 2. The minimum absolute atomic E-state index is 0.114. The fraction of sp³-hybridized carbons (Fsp3) is 0.278. The molecule has 0 fully saturated rings. The van der Waals surface area contributed by atoms with Crippen LogP contribution in [0.15, 0.2) is 28.7 Å². The number of hydrogen-bond acceptors (Lipinski definition) is 5. The van der Waals surface area contributed by atoms with Gasteiger partial charge in [0.15, 0.2) is 6.61 Å². The molecule has 0 radical (unpaired) electrons. The SMILES string of the molecule is Cc1nn(C)c(C)c1NC(=O)COC(=O)c1oc2ccccc2c1C. The Balaban J connectivity index is 1.67. The lowest BCUT2D eigenvalue weighted by atomic mass is 10.1. The van der Waals surface area contributed by atoms with Crippen molar-refractivity contribution in [2.75, 3.05) is 11.9 Å². The average Bonchev–Trinajstić information content (AvgIpc) is 3.05. The van der Waals surface area contributed by atoms with E-state index in [-0.39, 0.29) is 5.76 Å². The summed E-state index contributed by atoms with van der Waals surface area (Å²) in [6.07, 6.45) is 0. The smallest absolute Gasteiger partial charge is 0.375 e. The highest BCUT2D eigenvalue weighted by Gasteiger charge is 2.20. The zero-order valence-electron chi connectivity index (χ0n) is 14.5. The molecule has 1 N–H and O–H groups in total. The van der Waals surface area contributed by atoms with Crippen molar-refractivity contribution in [1.29, 1.82) is 0 Å². The first-order valence-electron chi connectivity index (χ1n) is 7.83. The normalized spacial score (nSPS) is 10.9. The molecule has 0 aliphatic heterocycles. The van der Waals surface area contributed by atoms with E-state index in [0.717, 1.165) is 11.1 Å². The van der Waals surface area contributed by atoms with Gasteiger partial charge in [0, 0.05) is 18.0 Å². The Kier molecular flexibility index (Phi) is 4.31. The number of nitrogens with zero attached hydrogens (tertiary/aromatic N) is 2. The van der Waals surface area contributed by atoms with Gasteiger partial charge in [-0.3, -0.25) is 9.48 Å². The van der Waals surface area contributed by atoms with Crippen molar-refractivity contribution in [3.8, 4) is 0 Å². The molecule has 0 bridgehead atoms. The summed E-state index contributed by atoms with van der Waals surface area (Å²) >= 11 is 0. The van der Waals surface area contributed by atoms with Crippen molar-refractivity contribution in [2.24, 2.45) is 7.05 Å². The predicted molar refractivity (Wildman–Crippen MR) is 92.5 cm³/mol. The summed E-state index contributed by atoms with van der Waals surface area (Å²) in [6.45, 7) is 5.03. The highest BCUT2D eigenvalue weighted by molar-refractivity contribution is 5.98. The van der Waals surface area contributed by atoms with Crippen LogP contribution in [0.2, 0.25) is 0 Å². The molecule has 130 valence electrons. The minimum Gasteiger partial charge on any atom is -0.450 e. The highest BCUT2D eigenvalue weighted by Crippen LogP contribution is 2.25. The average molecular weight is 341 g/mol. The van der Waals surface area contributed by atoms with E-state index in [0.29, 0.717) is 22.5 Å². The number of amides is 1. The number of furan rings is 1. The molecule has 7 nitrogen and oxygen atoms in total. The van der Waals surface area contributed by atoms with Gasteiger partial charge in [0.25, 0.3) is 5.91 Å². The van der Waals surface area contributed by atoms with Crippen molar-refractivity contribution in [2.45, 2.75) is 20.8 Å². The third-order valence-electron chi connectivity index (χ3n) is 4.14. The lowest BCUT2D eigenvalue weighted by Gasteiger charge is -2.06. The molecule has 0 aliphatic carbocycles. The minimum atomic E-state index is -0.663. The third-order valence-corrected chi connectivity index (χ3v) is 4.14. The number of nitrogens with one attached hydrogen (secondary N) is 1. The fourth-order valence-corrected chi connectivity index (χ4v) is 2.70. The first kappa shape index (κ1) is 16.8. The lowest BCUT2D eigenvalue weighted by molar-refractivity contribution is -0.119. The molecular weight excluding hydrogens is 322 g/mol. The maximum Gasteiger partial charge on any atom is 0.375 e. The maximum atomic E-state index is 12.2. The fourth-order valence-electron chi connectivity index (χ4n) is 2.70. The molecule has 25 heavy (non-hydrogen) atoms. The van der Waals surface area contributed by atoms with Gasteiger partial charge in [-0.25, -0.2) is 4.79 Å². The molecule has 0 spiro atoms. The second-order valence-corrected chi connectivity index (χ2v) is 5.85. The van der Waals surface area contributed by atoms with Crippen LogP contribution in [-0.4, -0.2) is 28.3 Å². The third kappa shape index (κ3) is 3.13. The summed E-state index contributed by atoms with van der Waals surface area (Å²) in [6, 6.07) is 7.34. The maximum absolute atomic E-state index is 12.2. The van der Waals surface area contributed by atoms with E-state index >= 15 is 0 Å². The van der Waals surface area contributed by atoms with Gasteiger partial charge in [-0.2, -0.15) is 5.10 Å². The zero-order chi connectivity index (χ0) is 18.1. The van der Waals surface area contributed by atoms with E-state index in [2.05, 4.69) is 10.4 Å². The largest absolute Gasteiger partial charge is 0.450 e. The molecule has 2 heterocycles. The zero-order valence-corrected chi connectivity index (χ0v) is 14.5. The van der Waals surface area contributed by atoms with Gasteiger partial charge in [0.05, 0.1) is 17.1 Å². The van der Waals surface area contributed by atoms with Crippen LogP contribution in [0.3, 0.4) is 0 Å². The van der Waals surface area contributed by atoms with Gasteiger partial charge in [-0.05, 0) is 26.8 Å². The molecule has 1 amide bonds. The van der Waals surface area contributed by atoms with Gasteiger partial charge < -0.3 is 14.5 Å². The monoisotopic (exact) mass is 341 g/mol. The summed E-state index contributed by atoms with van der Waals surface area (Å²) in [7, 11) is 1.79. The van der Waals surface area contributed by atoms with Crippen molar-refractivity contribution in [1.82, 2.24) is 9.78 Å². The molecule has 7 heteroatoms. The van der Waals surface area contributed by atoms with Gasteiger partial charge in [-0.1, -0.05) is 18.2 Å². The van der Waals surface area contributed by atoms with Crippen molar-refractivity contribution >= 4 is 28.5 Å². The predicted octanol–water partition coefficient (Wildman–Crippen LogP) is 2.89. The van der Waals surface area contributed by atoms with E-state index in [9.17, 15) is 9.59 Å². The first-order chi connectivity index (χ1) is 11.9. The Hall–Kier alpha value is -3.09. The molecule has 0 atom stereocenters. The molecule has 3 rings (SSSR count). The van der Waals surface area contributed by atoms with Crippen LogP contribution in [-0.2, 0) is 16.6 Å². The summed E-state index contributed by atoms with van der Waals surface area (Å²) < 4.78 is 12.3. The summed E-state index contributed by atoms with van der Waals surface area (Å²) in [4.78, 5) is 24.3. The van der Waals surface area contributed by atoms with Crippen LogP contribution in [0.4, 0.5) is 5.69 Å². The van der Waals surface area contributed by atoms with Crippen LogP contribution in [0.1, 0.15) is 27.5 Å². The van der Waals surface area contributed by atoms with E-state index in [4.69, 9.17) is 9.15 Å². The quantitative estimate of drug-likeness (QED) is 0.737. The highest BCUT2D eigenvalue weighted by atomic mass is 16.5. The number of carbonyl (C=O) groups is 2. The van der Waals surface area contributed by atoms with Crippen molar-refractivity contribution < 1.29 is 18.7 Å². The Labute approximate surface area is 144 Å². The number of benzene rings is 1. The Morgan fingerprint density at radius 3 is 2.60 bits per heavy atom. The molecule has 0 saturated heterocycles. The van der Waals surface area contributed by atoms with E-state index < -0.39 is 18.5 Å². The summed E-state index contributed by atoms with van der Waals surface area (Å²) in [5.41, 5.74) is 3.46. The van der Waals surface area contributed by atoms with Crippen LogP contribution >= 0.6 is 0 Å². The van der Waals surface area contributed by atoms with Crippen LogP contribution in [0.25, 0.3) is 11.0 Å². The number of aromatic nitrogens is 2. The number of ether oxygens (including phenoxy) is 1. The van der Waals surface area contributed by atoms with Crippen molar-refractivity contribution in [3.63, 3.8) is 0 Å². The summed E-state index contributed by atoms with van der Waals surface area (Å²) in [5, 5.41) is 7.79. The van der Waals surface area contributed by atoms with Crippen molar-refractivity contribution in [3.05, 3.63) is 47.0 Å².